The van der Waals surface area contributed by atoms with E-state index < -0.39 is 0 Å². The fourth-order valence-electron chi connectivity index (χ4n) is 3.22. The van der Waals surface area contributed by atoms with Gasteiger partial charge in [-0.1, -0.05) is 6.92 Å². The molecule has 112 valence electrons. The minimum Gasteiger partial charge on any atom is -0.382 e. The summed E-state index contributed by atoms with van der Waals surface area (Å²) in [6.45, 7) is 9.98. The molecule has 2 rings (SSSR count). The maximum absolute atomic E-state index is 13.4. The fourth-order valence-corrected chi connectivity index (χ4v) is 3.22. The standard InChI is InChI=1S/C17H27FN2/c1-4-7-20-8-5-6-15(12-20)14(3)19-17-10-13(2)9-16(18)11-17/h9-11,14-15,19H,4-8,12H2,1-3H3. The molecule has 0 radical (unpaired) electrons. The van der Waals surface area contributed by atoms with Crippen molar-refractivity contribution >= 4 is 5.69 Å². The van der Waals surface area contributed by atoms with Crippen molar-refractivity contribution in [2.75, 3.05) is 25.0 Å². The maximum atomic E-state index is 13.4. The van der Waals surface area contributed by atoms with Gasteiger partial charge in [0.2, 0.25) is 0 Å². The molecule has 0 amide bonds. The zero-order chi connectivity index (χ0) is 14.5. The van der Waals surface area contributed by atoms with Crippen molar-refractivity contribution in [3.63, 3.8) is 0 Å². The first-order chi connectivity index (χ1) is 9.58. The highest BCUT2D eigenvalue weighted by atomic mass is 19.1. The highest BCUT2D eigenvalue weighted by molar-refractivity contribution is 5.46. The van der Waals surface area contributed by atoms with Gasteiger partial charge in [-0.3, -0.25) is 0 Å². The van der Waals surface area contributed by atoms with E-state index in [0.29, 0.717) is 12.0 Å². The minimum atomic E-state index is -0.157. The average molecular weight is 278 g/mol. The summed E-state index contributed by atoms with van der Waals surface area (Å²) in [6, 6.07) is 5.57. The van der Waals surface area contributed by atoms with Crippen LogP contribution in [0.1, 0.15) is 38.7 Å². The first kappa shape index (κ1) is 15.3. The van der Waals surface area contributed by atoms with Crippen LogP contribution in [0.5, 0.6) is 0 Å². The van der Waals surface area contributed by atoms with Gasteiger partial charge in [-0.05, 0) is 75.9 Å². The summed E-state index contributed by atoms with van der Waals surface area (Å²) in [6.07, 6.45) is 3.76. The Morgan fingerprint density at radius 2 is 2.20 bits per heavy atom. The lowest BCUT2D eigenvalue weighted by Crippen LogP contribution is -2.42. The van der Waals surface area contributed by atoms with Crippen LogP contribution >= 0.6 is 0 Å². The number of benzene rings is 1. The maximum Gasteiger partial charge on any atom is 0.125 e. The second-order valence-corrected chi connectivity index (χ2v) is 6.15. The Balaban J connectivity index is 1.95. The number of hydrogen-bond donors (Lipinski definition) is 1. The van der Waals surface area contributed by atoms with E-state index in [9.17, 15) is 4.39 Å². The molecule has 1 heterocycles. The number of piperidine rings is 1. The second-order valence-electron chi connectivity index (χ2n) is 6.15. The van der Waals surface area contributed by atoms with Gasteiger partial charge < -0.3 is 10.2 Å². The average Bonchev–Trinajstić information content (AvgIpc) is 2.38. The summed E-state index contributed by atoms with van der Waals surface area (Å²) in [4.78, 5) is 2.56. The van der Waals surface area contributed by atoms with Crippen LogP contribution in [-0.4, -0.2) is 30.6 Å². The molecule has 1 fully saturated rings. The van der Waals surface area contributed by atoms with Crippen molar-refractivity contribution in [3.05, 3.63) is 29.6 Å². The van der Waals surface area contributed by atoms with E-state index in [2.05, 4.69) is 24.1 Å². The van der Waals surface area contributed by atoms with Gasteiger partial charge >= 0.3 is 0 Å². The van der Waals surface area contributed by atoms with Crippen molar-refractivity contribution in [1.82, 2.24) is 4.90 Å². The molecule has 1 N–H and O–H groups in total. The highest BCUT2D eigenvalue weighted by Gasteiger charge is 2.24. The lowest BCUT2D eigenvalue weighted by Gasteiger charge is -2.36. The Bertz CT molecular complexity index is 411. The molecule has 3 heteroatoms. The molecule has 2 unspecified atom stereocenters. The van der Waals surface area contributed by atoms with E-state index >= 15 is 0 Å². The molecule has 20 heavy (non-hydrogen) atoms. The summed E-state index contributed by atoms with van der Waals surface area (Å²) < 4.78 is 13.4. The molecule has 0 aliphatic carbocycles. The molecule has 0 aromatic heterocycles. The quantitative estimate of drug-likeness (QED) is 0.874. The molecule has 1 aliphatic heterocycles. The number of nitrogens with one attached hydrogen (secondary N) is 1. The van der Waals surface area contributed by atoms with Gasteiger partial charge in [0.05, 0.1) is 0 Å². The molecule has 1 aliphatic rings. The van der Waals surface area contributed by atoms with Crippen molar-refractivity contribution < 1.29 is 4.39 Å². The number of nitrogens with zero attached hydrogens (tertiary/aromatic N) is 1. The van der Waals surface area contributed by atoms with Crippen LogP contribution in [0.4, 0.5) is 10.1 Å². The van der Waals surface area contributed by atoms with E-state index in [0.717, 1.165) is 17.8 Å². The van der Waals surface area contributed by atoms with Crippen LogP contribution in [0.25, 0.3) is 0 Å². The Kier molecular flexibility index (Phi) is 5.41. The van der Waals surface area contributed by atoms with Crippen molar-refractivity contribution in [2.45, 2.75) is 46.1 Å². The normalized spacial score (nSPS) is 21.7. The van der Waals surface area contributed by atoms with Crippen molar-refractivity contribution in [1.29, 1.82) is 0 Å². The summed E-state index contributed by atoms with van der Waals surface area (Å²) in [5, 5.41) is 3.49. The summed E-state index contributed by atoms with van der Waals surface area (Å²) >= 11 is 0. The third-order valence-corrected chi connectivity index (χ3v) is 4.23. The lowest BCUT2D eigenvalue weighted by molar-refractivity contribution is 0.165. The van der Waals surface area contributed by atoms with E-state index in [1.165, 1.54) is 32.4 Å². The lowest BCUT2D eigenvalue weighted by atomic mass is 9.91. The zero-order valence-electron chi connectivity index (χ0n) is 13.0. The second kappa shape index (κ2) is 7.07. The summed E-state index contributed by atoms with van der Waals surface area (Å²) in [5.41, 5.74) is 1.87. The van der Waals surface area contributed by atoms with Crippen LogP contribution in [0.2, 0.25) is 0 Å². The highest BCUT2D eigenvalue weighted by Crippen LogP contribution is 2.23. The van der Waals surface area contributed by atoms with Crippen molar-refractivity contribution in [3.8, 4) is 0 Å². The first-order valence-electron chi connectivity index (χ1n) is 7.84. The van der Waals surface area contributed by atoms with Crippen LogP contribution in [0, 0.1) is 18.7 Å². The fraction of sp³-hybridized carbons (Fsp3) is 0.647. The molecule has 1 saturated heterocycles. The molecule has 2 nitrogen and oxygen atoms in total. The van der Waals surface area contributed by atoms with E-state index in [4.69, 9.17) is 0 Å². The van der Waals surface area contributed by atoms with Gasteiger partial charge in [-0.25, -0.2) is 4.39 Å². The van der Waals surface area contributed by atoms with Crippen LogP contribution in [-0.2, 0) is 0 Å². The Morgan fingerprint density at radius 1 is 1.40 bits per heavy atom. The number of aryl methyl sites for hydroxylation is 1. The van der Waals surface area contributed by atoms with Gasteiger partial charge in [-0.15, -0.1) is 0 Å². The predicted octanol–water partition coefficient (Wildman–Crippen LogP) is 4.06. The smallest absolute Gasteiger partial charge is 0.125 e. The third-order valence-electron chi connectivity index (χ3n) is 4.23. The van der Waals surface area contributed by atoms with E-state index in [1.807, 2.05) is 13.0 Å². The molecule has 1 aromatic rings. The molecule has 2 atom stereocenters. The number of halogens is 1. The number of rotatable bonds is 5. The number of likely N-dealkylation sites (tertiary alicyclic amines) is 1. The molecule has 0 saturated carbocycles. The van der Waals surface area contributed by atoms with Gasteiger partial charge in [-0.2, -0.15) is 0 Å². The van der Waals surface area contributed by atoms with Gasteiger partial charge in [0.1, 0.15) is 5.82 Å². The Hall–Kier alpha value is -1.09. The summed E-state index contributed by atoms with van der Waals surface area (Å²) in [5.74, 6) is 0.495. The molecular formula is C17H27FN2. The van der Waals surface area contributed by atoms with Crippen LogP contribution in [0.15, 0.2) is 18.2 Å². The monoisotopic (exact) mass is 278 g/mol. The van der Waals surface area contributed by atoms with Crippen LogP contribution < -0.4 is 5.32 Å². The van der Waals surface area contributed by atoms with Gasteiger partial charge in [0.15, 0.2) is 0 Å². The van der Waals surface area contributed by atoms with Crippen LogP contribution in [0.3, 0.4) is 0 Å². The topological polar surface area (TPSA) is 15.3 Å². The van der Waals surface area contributed by atoms with E-state index in [-0.39, 0.29) is 5.82 Å². The third kappa shape index (κ3) is 4.20. The molecule has 0 spiro atoms. The van der Waals surface area contributed by atoms with Crippen molar-refractivity contribution in [2.24, 2.45) is 5.92 Å². The minimum absolute atomic E-state index is 0.157. The Morgan fingerprint density at radius 3 is 2.90 bits per heavy atom. The summed E-state index contributed by atoms with van der Waals surface area (Å²) in [7, 11) is 0. The van der Waals surface area contributed by atoms with E-state index in [1.54, 1.807) is 12.1 Å². The molecule has 0 bridgehead atoms. The predicted molar refractivity (Wildman–Crippen MR) is 83.7 cm³/mol. The SMILES string of the molecule is CCCN1CCCC(C(C)Nc2cc(C)cc(F)c2)C1. The molecular weight excluding hydrogens is 251 g/mol. The Labute approximate surface area is 122 Å². The largest absolute Gasteiger partial charge is 0.382 e. The number of anilines is 1. The van der Waals surface area contributed by atoms with Gasteiger partial charge in [0.25, 0.3) is 0 Å². The number of hydrogen-bond acceptors (Lipinski definition) is 2. The molecule has 1 aromatic carbocycles. The van der Waals surface area contributed by atoms with Gasteiger partial charge in [0, 0.05) is 18.3 Å². The zero-order valence-corrected chi connectivity index (χ0v) is 13.0. The first-order valence-corrected chi connectivity index (χ1v) is 7.84.